The zero-order chi connectivity index (χ0) is 12.4. The van der Waals surface area contributed by atoms with Crippen LogP contribution in [0.25, 0.3) is 5.57 Å². The van der Waals surface area contributed by atoms with Crippen molar-refractivity contribution in [3.05, 3.63) is 34.3 Å². The number of allylic oxidation sites excluding steroid dienone is 1. The van der Waals surface area contributed by atoms with Gasteiger partial charge >= 0.3 is 0 Å². The van der Waals surface area contributed by atoms with Gasteiger partial charge in [-0.3, -0.25) is 4.79 Å². The Morgan fingerprint density at radius 1 is 1.24 bits per heavy atom. The standard InChI is InChI=1S/C13H13Cl2NO/c1-8-3-2-4-9(17)7-16-11-6-5-10(14)13(15)12(8)11/h5-6,16H,1-4,7H2. The summed E-state index contributed by atoms with van der Waals surface area (Å²) in [5, 5.41) is 4.12. The average Bonchev–Trinajstić information content (AvgIpc) is 2.36. The van der Waals surface area contributed by atoms with Crippen LogP contribution in [0, 0.1) is 0 Å². The molecule has 0 aliphatic carbocycles. The van der Waals surface area contributed by atoms with Crippen molar-refractivity contribution < 1.29 is 4.79 Å². The Bertz CT molecular complexity index is 483. The molecule has 0 amide bonds. The van der Waals surface area contributed by atoms with Crippen molar-refractivity contribution in [1.82, 2.24) is 0 Å². The third-order valence-electron chi connectivity index (χ3n) is 2.86. The molecule has 0 saturated carbocycles. The lowest BCUT2D eigenvalue weighted by Crippen LogP contribution is -2.13. The first-order valence-electron chi connectivity index (χ1n) is 5.51. The van der Waals surface area contributed by atoms with E-state index in [1.54, 1.807) is 6.07 Å². The highest BCUT2D eigenvalue weighted by atomic mass is 35.5. The molecule has 90 valence electrons. The van der Waals surface area contributed by atoms with Crippen molar-refractivity contribution >= 4 is 40.2 Å². The van der Waals surface area contributed by atoms with Crippen molar-refractivity contribution in [3.8, 4) is 0 Å². The van der Waals surface area contributed by atoms with E-state index in [4.69, 9.17) is 23.2 Å². The molecule has 0 bridgehead atoms. The third kappa shape index (κ3) is 2.64. The fraction of sp³-hybridized carbons (Fsp3) is 0.308. The van der Waals surface area contributed by atoms with E-state index in [9.17, 15) is 4.79 Å². The number of rotatable bonds is 0. The van der Waals surface area contributed by atoms with Crippen LogP contribution in [0.3, 0.4) is 0 Å². The molecule has 2 nitrogen and oxygen atoms in total. The van der Waals surface area contributed by atoms with Gasteiger partial charge in [0.2, 0.25) is 0 Å². The van der Waals surface area contributed by atoms with Crippen molar-refractivity contribution in [3.63, 3.8) is 0 Å². The lowest BCUT2D eigenvalue weighted by Gasteiger charge is -2.14. The summed E-state index contributed by atoms with van der Waals surface area (Å²) < 4.78 is 0. The van der Waals surface area contributed by atoms with Crippen LogP contribution in [0.5, 0.6) is 0 Å². The molecule has 0 fully saturated rings. The number of anilines is 1. The van der Waals surface area contributed by atoms with Gasteiger partial charge in [0.25, 0.3) is 0 Å². The highest BCUT2D eigenvalue weighted by molar-refractivity contribution is 6.43. The predicted octanol–water partition coefficient (Wildman–Crippen LogP) is 4.17. The summed E-state index contributed by atoms with van der Waals surface area (Å²) in [5.74, 6) is 0.205. The smallest absolute Gasteiger partial charge is 0.151 e. The SMILES string of the molecule is C=C1CCCC(=O)CNc2ccc(Cl)c(Cl)c21. The number of carbonyl (C=O) groups is 1. The van der Waals surface area contributed by atoms with E-state index in [2.05, 4.69) is 11.9 Å². The number of Topliss-reactive ketones (excluding diaryl/α,β-unsaturated/α-hetero) is 1. The van der Waals surface area contributed by atoms with Gasteiger partial charge < -0.3 is 5.32 Å². The van der Waals surface area contributed by atoms with Gasteiger partial charge in [0, 0.05) is 17.7 Å². The zero-order valence-electron chi connectivity index (χ0n) is 9.35. The van der Waals surface area contributed by atoms with Crippen LogP contribution < -0.4 is 5.32 Å². The van der Waals surface area contributed by atoms with Crippen molar-refractivity contribution in [1.29, 1.82) is 0 Å². The van der Waals surface area contributed by atoms with Gasteiger partial charge in [0.1, 0.15) is 0 Å². The summed E-state index contributed by atoms with van der Waals surface area (Å²) in [6.07, 6.45) is 2.15. The molecule has 1 aliphatic heterocycles. The molecule has 4 heteroatoms. The van der Waals surface area contributed by atoms with Gasteiger partial charge in [-0.15, -0.1) is 0 Å². The minimum Gasteiger partial charge on any atom is -0.377 e. The Labute approximate surface area is 111 Å². The molecule has 0 aromatic heterocycles. The number of benzene rings is 1. The first-order valence-corrected chi connectivity index (χ1v) is 6.27. The molecular formula is C13H13Cl2NO. The molecule has 1 N–H and O–H groups in total. The third-order valence-corrected chi connectivity index (χ3v) is 3.66. The van der Waals surface area contributed by atoms with Gasteiger partial charge in [-0.05, 0) is 30.5 Å². The molecule has 2 rings (SSSR count). The number of carbonyl (C=O) groups excluding carboxylic acids is 1. The maximum atomic E-state index is 11.5. The van der Waals surface area contributed by atoms with Crippen LogP contribution in [0.2, 0.25) is 10.0 Å². The van der Waals surface area contributed by atoms with Crippen molar-refractivity contribution in [2.45, 2.75) is 19.3 Å². The summed E-state index contributed by atoms with van der Waals surface area (Å²) >= 11 is 12.2. The Morgan fingerprint density at radius 3 is 2.76 bits per heavy atom. The summed E-state index contributed by atoms with van der Waals surface area (Å²) in [4.78, 5) is 11.5. The molecule has 1 aromatic rings. The fourth-order valence-corrected chi connectivity index (χ4v) is 2.41. The first kappa shape index (κ1) is 12.5. The highest BCUT2D eigenvalue weighted by Gasteiger charge is 2.16. The Kier molecular flexibility index (Phi) is 3.75. The van der Waals surface area contributed by atoms with Crippen LogP contribution >= 0.6 is 23.2 Å². The van der Waals surface area contributed by atoms with Crippen LogP contribution in [0.1, 0.15) is 24.8 Å². The molecule has 1 heterocycles. The monoisotopic (exact) mass is 269 g/mol. The molecule has 1 aromatic carbocycles. The summed E-state index contributed by atoms with van der Waals surface area (Å²) in [5.41, 5.74) is 2.60. The molecule has 17 heavy (non-hydrogen) atoms. The molecule has 0 atom stereocenters. The van der Waals surface area contributed by atoms with Crippen LogP contribution in [0.4, 0.5) is 5.69 Å². The second kappa shape index (κ2) is 5.11. The van der Waals surface area contributed by atoms with Gasteiger partial charge in [-0.1, -0.05) is 29.8 Å². The number of halogens is 2. The zero-order valence-corrected chi connectivity index (χ0v) is 10.9. The topological polar surface area (TPSA) is 29.1 Å². The lowest BCUT2D eigenvalue weighted by atomic mass is 10.0. The van der Waals surface area contributed by atoms with E-state index < -0.39 is 0 Å². The van der Waals surface area contributed by atoms with Gasteiger partial charge in [-0.2, -0.15) is 0 Å². The second-order valence-corrected chi connectivity index (χ2v) is 4.92. The summed E-state index contributed by atoms with van der Waals surface area (Å²) in [6, 6.07) is 3.57. The number of hydrogen-bond donors (Lipinski definition) is 1. The van der Waals surface area contributed by atoms with Gasteiger partial charge in [0.15, 0.2) is 5.78 Å². The van der Waals surface area contributed by atoms with Gasteiger partial charge in [0.05, 0.1) is 16.6 Å². The predicted molar refractivity (Wildman–Crippen MR) is 72.8 cm³/mol. The van der Waals surface area contributed by atoms with E-state index in [0.29, 0.717) is 23.0 Å². The van der Waals surface area contributed by atoms with E-state index in [1.807, 2.05) is 6.07 Å². The summed E-state index contributed by atoms with van der Waals surface area (Å²) in [6.45, 7) is 4.36. The van der Waals surface area contributed by atoms with Crippen molar-refractivity contribution in [2.24, 2.45) is 0 Å². The number of hydrogen-bond acceptors (Lipinski definition) is 2. The molecule has 1 aliphatic rings. The second-order valence-electron chi connectivity index (χ2n) is 4.13. The van der Waals surface area contributed by atoms with Crippen molar-refractivity contribution in [2.75, 3.05) is 11.9 Å². The maximum absolute atomic E-state index is 11.5. The normalized spacial score (nSPS) is 16.6. The Hall–Kier alpha value is -0.990. The summed E-state index contributed by atoms with van der Waals surface area (Å²) in [7, 11) is 0. The molecule has 0 spiro atoms. The fourth-order valence-electron chi connectivity index (χ4n) is 1.95. The Balaban J connectivity index is 2.47. The number of fused-ring (bicyclic) bond motifs is 1. The van der Waals surface area contributed by atoms with Crippen LogP contribution in [-0.2, 0) is 4.79 Å². The molecule has 0 unspecified atom stereocenters. The molecular weight excluding hydrogens is 257 g/mol. The number of ketones is 1. The minimum absolute atomic E-state index is 0.205. The van der Waals surface area contributed by atoms with E-state index >= 15 is 0 Å². The van der Waals surface area contributed by atoms with E-state index in [-0.39, 0.29) is 5.78 Å². The first-order chi connectivity index (χ1) is 8.09. The molecule has 0 radical (unpaired) electrons. The number of nitrogens with one attached hydrogen (secondary N) is 1. The van der Waals surface area contributed by atoms with E-state index in [0.717, 1.165) is 29.7 Å². The maximum Gasteiger partial charge on any atom is 0.151 e. The minimum atomic E-state index is 0.205. The molecule has 0 saturated heterocycles. The quantitative estimate of drug-likeness (QED) is 0.766. The van der Waals surface area contributed by atoms with E-state index in [1.165, 1.54) is 0 Å². The van der Waals surface area contributed by atoms with Crippen LogP contribution in [-0.4, -0.2) is 12.3 Å². The highest BCUT2D eigenvalue weighted by Crippen LogP contribution is 2.38. The average molecular weight is 270 g/mol. The lowest BCUT2D eigenvalue weighted by molar-refractivity contribution is -0.117. The van der Waals surface area contributed by atoms with Gasteiger partial charge in [-0.25, -0.2) is 0 Å². The Morgan fingerprint density at radius 2 is 2.00 bits per heavy atom. The van der Waals surface area contributed by atoms with Crippen LogP contribution in [0.15, 0.2) is 18.7 Å². The largest absolute Gasteiger partial charge is 0.377 e.